The molecule has 0 saturated carbocycles. The van der Waals surface area contributed by atoms with Gasteiger partial charge in [-0.25, -0.2) is 0 Å². The van der Waals surface area contributed by atoms with Gasteiger partial charge in [-0.1, -0.05) is 0 Å². The zero-order valence-electron chi connectivity index (χ0n) is 9.75. The Bertz CT molecular complexity index is 310. The lowest BCUT2D eigenvalue weighted by Crippen LogP contribution is -2.39. The van der Waals surface area contributed by atoms with Crippen molar-refractivity contribution >= 4 is 0 Å². The third kappa shape index (κ3) is 3.98. The van der Waals surface area contributed by atoms with Crippen LogP contribution >= 0.6 is 0 Å². The molecule has 1 aromatic rings. The van der Waals surface area contributed by atoms with E-state index in [2.05, 4.69) is 31.1 Å². The fraction of sp³-hybridized carbons (Fsp3) is 0.583. The second-order valence-electron chi connectivity index (χ2n) is 4.51. The minimum absolute atomic E-state index is 0.0307. The number of nitrogens with one attached hydrogen (secondary N) is 1. The summed E-state index contributed by atoms with van der Waals surface area (Å²) < 4.78 is 0. The van der Waals surface area contributed by atoms with E-state index in [1.165, 1.54) is 11.1 Å². The van der Waals surface area contributed by atoms with Gasteiger partial charge in [-0.3, -0.25) is 4.98 Å². The van der Waals surface area contributed by atoms with E-state index in [9.17, 15) is 0 Å². The summed E-state index contributed by atoms with van der Waals surface area (Å²) in [6, 6.07) is 2.01. The monoisotopic (exact) mass is 208 g/mol. The first-order chi connectivity index (χ1) is 7.05. The Morgan fingerprint density at radius 2 is 2.20 bits per heavy atom. The van der Waals surface area contributed by atoms with Gasteiger partial charge in [0.25, 0.3) is 0 Å². The molecule has 0 atom stereocenters. The second kappa shape index (κ2) is 5.24. The maximum Gasteiger partial charge on any atom is 0.0448 e. The Hall–Kier alpha value is -0.930. The highest BCUT2D eigenvalue weighted by Gasteiger charge is 2.15. The average Bonchev–Trinajstić information content (AvgIpc) is 2.16. The van der Waals surface area contributed by atoms with Gasteiger partial charge in [-0.15, -0.1) is 0 Å². The summed E-state index contributed by atoms with van der Waals surface area (Å²) in [4.78, 5) is 4.10. The third-order valence-electron chi connectivity index (χ3n) is 2.64. The van der Waals surface area contributed by atoms with Crippen LogP contribution in [0.1, 0.15) is 31.4 Å². The van der Waals surface area contributed by atoms with Gasteiger partial charge in [0.1, 0.15) is 0 Å². The molecule has 0 radical (unpaired) electrons. The number of pyridine rings is 1. The van der Waals surface area contributed by atoms with Crippen molar-refractivity contribution < 1.29 is 5.11 Å². The van der Waals surface area contributed by atoms with Crippen LogP contribution in [0, 0.1) is 6.92 Å². The van der Waals surface area contributed by atoms with E-state index in [4.69, 9.17) is 5.11 Å². The van der Waals surface area contributed by atoms with Crippen LogP contribution in [-0.2, 0) is 6.54 Å². The molecule has 15 heavy (non-hydrogen) atoms. The van der Waals surface area contributed by atoms with E-state index in [1.807, 2.05) is 12.3 Å². The van der Waals surface area contributed by atoms with Crippen LogP contribution < -0.4 is 5.32 Å². The molecule has 0 unspecified atom stereocenters. The molecule has 0 bridgehead atoms. The van der Waals surface area contributed by atoms with Crippen LogP contribution in [0.25, 0.3) is 0 Å². The number of aromatic nitrogens is 1. The highest BCUT2D eigenvalue weighted by Crippen LogP contribution is 2.10. The molecular weight excluding hydrogens is 188 g/mol. The second-order valence-corrected chi connectivity index (χ2v) is 4.51. The summed E-state index contributed by atoms with van der Waals surface area (Å²) >= 11 is 0. The Morgan fingerprint density at radius 1 is 1.47 bits per heavy atom. The zero-order valence-corrected chi connectivity index (χ0v) is 9.75. The number of rotatable bonds is 5. The highest BCUT2D eigenvalue weighted by molar-refractivity contribution is 5.21. The quantitative estimate of drug-likeness (QED) is 0.773. The van der Waals surface area contributed by atoms with Gasteiger partial charge in [0.05, 0.1) is 0 Å². The Morgan fingerprint density at radius 3 is 2.80 bits per heavy atom. The number of aliphatic hydroxyl groups excluding tert-OH is 1. The summed E-state index contributed by atoms with van der Waals surface area (Å²) in [7, 11) is 0. The number of aryl methyl sites for hydroxylation is 1. The number of aliphatic hydroxyl groups is 1. The van der Waals surface area contributed by atoms with Gasteiger partial charge >= 0.3 is 0 Å². The normalized spacial score (nSPS) is 11.7. The van der Waals surface area contributed by atoms with Crippen molar-refractivity contribution in [1.82, 2.24) is 10.3 Å². The maximum absolute atomic E-state index is 8.90. The summed E-state index contributed by atoms with van der Waals surface area (Å²) in [6.45, 7) is 7.28. The van der Waals surface area contributed by atoms with E-state index in [0.717, 1.165) is 13.0 Å². The van der Waals surface area contributed by atoms with E-state index in [-0.39, 0.29) is 12.1 Å². The summed E-state index contributed by atoms with van der Waals surface area (Å²) in [6.07, 6.45) is 4.45. The Balaban J connectivity index is 2.53. The molecule has 0 saturated heterocycles. The van der Waals surface area contributed by atoms with E-state index in [0.29, 0.717) is 0 Å². The van der Waals surface area contributed by atoms with E-state index in [1.54, 1.807) is 6.20 Å². The van der Waals surface area contributed by atoms with Gasteiger partial charge < -0.3 is 10.4 Å². The van der Waals surface area contributed by atoms with Crippen molar-refractivity contribution in [2.45, 2.75) is 39.3 Å². The van der Waals surface area contributed by atoms with Crippen LogP contribution in [0.15, 0.2) is 18.5 Å². The molecule has 0 aliphatic rings. The first kappa shape index (κ1) is 12.1. The molecule has 0 aliphatic heterocycles. The molecule has 0 spiro atoms. The first-order valence-corrected chi connectivity index (χ1v) is 5.30. The van der Waals surface area contributed by atoms with E-state index >= 15 is 0 Å². The predicted octanol–water partition coefficient (Wildman–Crippen LogP) is 1.64. The summed E-state index contributed by atoms with van der Waals surface area (Å²) in [5, 5.41) is 12.3. The molecule has 2 N–H and O–H groups in total. The average molecular weight is 208 g/mol. The number of hydrogen-bond donors (Lipinski definition) is 2. The highest BCUT2D eigenvalue weighted by atomic mass is 16.3. The van der Waals surface area contributed by atoms with Gasteiger partial charge in [0.15, 0.2) is 0 Å². The predicted molar refractivity (Wildman–Crippen MR) is 61.6 cm³/mol. The van der Waals surface area contributed by atoms with Crippen LogP contribution in [0.4, 0.5) is 0 Å². The molecule has 0 aromatic carbocycles. The molecule has 1 aromatic heterocycles. The fourth-order valence-corrected chi connectivity index (χ4v) is 1.38. The van der Waals surface area contributed by atoms with Gasteiger partial charge in [0, 0.05) is 31.1 Å². The largest absolute Gasteiger partial charge is 0.396 e. The van der Waals surface area contributed by atoms with E-state index < -0.39 is 0 Å². The van der Waals surface area contributed by atoms with Gasteiger partial charge in [0.2, 0.25) is 0 Å². The third-order valence-corrected chi connectivity index (χ3v) is 2.64. The fourth-order valence-electron chi connectivity index (χ4n) is 1.38. The molecule has 0 amide bonds. The minimum atomic E-state index is -0.0307. The SMILES string of the molecule is Cc1ccncc1CNC(C)(C)CCO. The van der Waals surface area contributed by atoms with Crippen molar-refractivity contribution in [3.8, 4) is 0 Å². The van der Waals surface area contributed by atoms with Gasteiger partial charge in [-0.2, -0.15) is 0 Å². The molecule has 1 heterocycles. The van der Waals surface area contributed by atoms with Crippen molar-refractivity contribution in [1.29, 1.82) is 0 Å². The molecule has 84 valence electrons. The van der Waals surface area contributed by atoms with Crippen LogP contribution in [-0.4, -0.2) is 22.2 Å². The smallest absolute Gasteiger partial charge is 0.0448 e. The zero-order chi connectivity index (χ0) is 11.3. The van der Waals surface area contributed by atoms with Crippen molar-refractivity contribution in [2.75, 3.05) is 6.61 Å². The lowest BCUT2D eigenvalue weighted by Gasteiger charge is -2.25. The Kier molecular flexibility index (Phi) is 4.24. The number of hydrogen-bond acceptors (Lipinski definition) is 3. The van der Waals surface area contributed by atoms with Crippen LogP contribution in [0.5, 0.6) is 0 Å². The molecule has 0 aliphatic carbocycles. The lowest BCUT2D eigenvalue weighted by atomic mass is 10.0. The summed E-state index contributed by atoms with van der Waals surface area (Å²) in [5.74, 6) is 0. The minimum Gasteiger partial charge on any atom is -0.396 e. The first-order valence-electron chi connectivity index (χ1n) is 5.30. The Labute approximate surface area is 91.5 Å². The topological polar surface area (TPSA) is 45.2 Å². The van der Waals surface area contributed by atoms with Crippen LogP contribution in [0.2, 0.25) is 0 Å². The molecular formula is C12H20N2O. The maximum atomic E-state index is 8.90. The molecule has 0 fully saturated rings. The lowest BCUT2D eigenvalue weighted by molar-refractivity contribution is 0.230. The van der Waals surface area contributed by atoms with Crippen molar-refractivity contribution in [3.63, 3.8) is 0 Å². The molecule has 1 rings (SSSR count). The van der Waals surface area contributed by atoms with Crippen LogP contribution in [0.3, 0.4) is 0 Å². The molecule has 3 heteroatoms. The van der Waals surface area contributed by atoms with Crippen molar-refractivity contribution in [2.24, 2.45) is 0 Å². The van der Waals surface area contributed by atoms with Crippen molar-refractivity contribution in [3.05, 3.63) is 29.6 Å². The molecule has 3 nitrogen and oxygen atoms in total. The standard InChI is InChI=1S/C12H20N2O/c1-10-4-6-13-8-11(10)9-14-12(2,3)5-7-15/h4,6,8,14-15H,5,7,9H2,1-3H3. The number of nitrogens with zero attached hydrogens (tertiary/aromatic N) is 1. The van der Waals surface area contributed by atoms with Gasteiger partial charge in [-0.05, 0) is 44.4 Å². The summed E-state index contributed by atoms with van der Waals surface area (Å²) in [5.41, 5.74) is 2.43.